The van der Waals surface area contributed by atoms with Crippen molar-refractivity contribution in [1.29, 1.82) is 0 Å². The quantitative estimate of drug-likeness (QED) is 0.583. The zero-order valence-corrected chi connectivity index (χ0v) is 5.18. The molecule has 0 aliphatic rings. The second kappa shape index (κ2) is 3.29. The Bertz CT molecular complexity index is 82.5. The molecule has 0 bridgehead atoms. The highest BCUT2D eigenvalue weighted by molar-refractivity contribution is 5.64. The van der Waals surface area contributed by atoms with Gasteiger partial charge in [-0.05, 0) is 13.3 Å². The van der Waals surface area contributed by atoms with Crippen molar-refractivity contribution in [3.8, 4) is 0 Å². The number of ether oxygens (including phenoxy) is 1. The molecule has 0 saturated carbocycles. The van der Waals surface area contributed by atoms with Gasteiger partial charge in [-0.2, -0.15) is 0 Å². The van der Waals surface area contributed by atoms with Gasteiger partial charge in [-0.3, -0.25) is 0 Å². The maximum atomic E-state index is 9.97. The van der Waals surface area contributed by atoms with E-state index in [-0.39, 0.29) is 6.10 Å². The summed E-state index contributed by atoms with van der Waals surface area (Å²) in [5.41, 5.74) is 4.71. The first kappa shape index (κ1) is 7.27. The lowest BCUT2D eigenvalue weighted by molar-refractivity contribution is 0.114. The molecule has 0 spiro atoms. The zero-order valence-electron chi connectivity index (χ0n) is 5.18. The minimum absolute atomic E-state index is 0.0486. The van der Waals surface area contributed by atoms with Gasteiger partial charge in [0.1, 0.15) is 6.10 Å². The third-order valence-electron chi connectivity index (χ3n) is 0.892. The fourth-order valence-corrected chi connectivity index (χ4v) is 0.282. The van der Waals surface area contributed by atoms with Crippen molar-refractivity contribution in [1.82, 2.24) is 0 Å². The number of carbonyl (C=O) groups is 1. The van der Waals surface area contributed by atoms with E-state index in [1.54, 1.807) is 6.92 Å². The SMILES string of the molecule is CCC(C)OC(N)=O. The van der Waals surface area contributed by atoms with Crippen LogP contribution in [-0.4, -0.2) is 12.2 Å². The van der Waals surface area contributed by atoms with E-state index >= 15 is 0 Å². The molecule has 0 radical (unpaired) electrons. The molecule has 0 aliphatic heterocycles. The number of hydrogen-bond donors (Lipinski definition) is 1. The first-order valence-corrected chi connectivity index (χ1v) is 2.63. The van der Waals surface area contributed by atoms with Crippen LogP contribution in [0.15, 0.2) is 0 Å². The maximum absolute atomic E-state index is 9.97. The normalized spacial score (nSPS) is 12.8. The molecule has 0 aromatic heterocycles. The molecule has 1 unspecified atom stereocenters. The molecule has 0 aromatic rings. The van der Waals surface area contributed by atoms with Gasteiger partial charge >= 0.3 is 6.09 Å². The van der Waals surface area contributed by atoms with Crippen molar-refractivity contribution in [2.75, 3.05) is 0 Å². The Labute approximate surface area is 48.8 Å². The van der Waals surface area contributed by atoms with Crippen molar-refractivity contribution in [2.24, 2.45) is 5.73 Å². The molecule has 8 heavy (non-hydrogen) atoms. The molecule has 0 heterocycles. The third-order valence-corrected chi connectivity index (χ3v) is 0.892. The van der Waals surface area contributed by atoms with Gasteiger partial charge in [0.15, 0.2) is 0 Å². The van der Waals surface area contributed by atoms with Crippen LogP contribution in [-0.2, 0) is 4.74 Å². The molecule has 2 N–H and O–H groups in total. The number of hydrogen-bond acceptors (Lipinski definition) is 2. The molecular weight excluding hydrogens is 106 g/mol. The van der Waals surface area contributed by atoms with Crippen molar-refractivity contribution in [2.45, 2.75) is 26.4 Å². The van der Waals surface area contributed by atoms with Gasteiger partial charge in [0.2, 0.25) is 0 Å². The van der Waals surface area contributed by atoms with E-state index in [1.165, 1.54) is 0 Å². The van der Waals surface area contributed by atoms with Crippen LogP contribution in [0.1, 0.15) is 20.3 Å². The number of nitrogens with two attached hydrogens (primary N) is 1. The molecule has 48 valence electrons. The lowest BCUT2D eigenvalue weighted by Crippen LogP contribution is -2.19. The number of amides is 1. The highest BCUT2D eigenvalue weighted by Crippen LogP contribution is 1.93. The van der Waals surface area contributed by atoms with E-state index in [1.807, 2.05) is 6.92 Å². The monoisotopic (exact) mass is 117 g/mol. The van der Waals surface area contributed by atoms with Gasteiger partial charge in [-0.15, -0.1) is 0 Å². The van der Waals surface area contributed by atoms with Crippen LogP contribution in [0.25, 0.3) is 0 Å². The lowest BCUT2D eigenvalue weighted by atomic mass is 10.3. The topological polar surface area (TPSA) is 52.3 Å². The standard InChI is InChI=1S/C5H11NO2/c1-3-4(2)8-5(6)7/h4H,3H2,1-2H3,(H2,6,7). The Morgan fingerprint density at radius 3 is 2.50 bits per heavy atom. The van der Waals surface area contributed by atoms with E-state index in [0.29, 0.717) is 0 Å². The molecule has 3 nitrogen and oxygen atoms in total. The Hall–Kier alpha value is -0.730. The molecule has 0 aliphatic carbocycles. The number of carbonyl (C=O) groups excluding carboxylic acids is 1. The zero-order chi connectivity index (χ0) is 6.57. The van der Waals surface area contributed by atoms with E-state index in [0.717, 1.165) is 6.42 Å². The third kappa shape index (κ3) is 3.46. The van der Waals surface area contributed by atoms with Crippen molar-refractivity contribution in [3.05, 3.63) is 0 Å². The molecule has 1 atom stereocenters. The van der Waals surface area contributed by atoms with Gasteiger partial charge in [-0.25, -0.2) is 4.79 Å². The molecule has 0 saturated heterocycles. The van der Waals surface area contributed by atoms with Crippen LogP contribution < -0.4 is 5.73 Å². The van der Waals surface area contributed by atoms with Crippen molar-refractivity contribution >= 4 is 6.09 Å². The Morgan fingerprint density at radius 2 is 2.38 bits per heavy atom. The van der Waals surface area contributed by atoms with Crippen LogP contribution >= 0.6 is 0 Å². The van der Waals surface area contributed by atoms with E-state index in [4.69, 9.17) is 5.73 Å². The van der Waals surface area contributed by atoms with Crippen molar-refractivity contribution in [3.63, 3.8) is 0 Å². The number of rotatable bonds is 2. The van der Waals surface area contributed by atoms with Crippen LogP contribution in [0, 0.1) is 0 Å². The van der Waals surface area contributed by atoms with E-state index in [2.05, 4.69) is 4.74 Å². The highest BCUT2D eigenvalue weighted by Gasteiger charge is 1.99. The van der Waals surface area contributed by atoms with Gasteiger partial charge < -0.3 is 10.5 Å². The predicted octanol–water partition coefficient (Wildman–Crippen LogP) is 0.880. The predicted molar refractivity (Wildman–Crippen MR) is 30.4 cm³/mol. The molecular formula is C5H11NO2. The fraction of sp³-hybridized carbons (Fsp3) is 0.800. The van der Waals surface area contributed by atoms with Gasteiger partial charge in [-0.1, -0.05) is 6.92 Å². The van der Waals surface area contributed by atoms with Crippen molar-refractivity contribution < 1.29 is 9.53 Å². The Balaban J connectivity index is 3.24. The van der Waals surface area contributed by atoms with Crippen LogP contribution in [0.2, 0.25) is 0 Å². The summed E-state index contributed by atoms with van der Waals surface area (Å²) in [6.45, 7) is 3.72. The summed E-state index contributed by atoms with van der Waals surface area (Å²) < 4.78 is 4.54. The first-order valence-electron chi connectivity index (χ1n) is 2.63. The molecule has 1 amide bonds. The average molecular weight is 117 g/mol. The van der Waals surface area contributed by atoms with Crippen LogP contribution in [0.5, 0.6) is 0 Å². The minimum atomic E-state index is -0.695. The summed E-state index contributed by atoms with van der Waals surface area (Å²) >= 11 is 0. The van der Waals surface area contributed by atoms with E-state index < -0.39 is 6.09 Å². The summed E-state index contributed by atoms with van der Waals surface area (Å²) in [6.07, 6.45) is 0.0648. The van der Waals surface area contributed by atoms with Crippen LogP contribution in [0.4, 0.5) is 4.79 Å². The van der Waals surface area contributed by atoms with E-state index in [9.17, 15) is 4.79 Å². The summed E-state index contributed by atoms with van der Waals surface area (Å²) in [6, 6.07) is 0. The highest BCUT2D eigenvalue weighted by atomic mass is 16.6. The summed E-state index contributed by atoms with van der Waals surface area (Å²) in [5.74, 6) is 0. The molecule has 0 aromatic carbocycles. The lowest BCUT2D eigenvalue weighted by Gasteiger charge is -2.06. The average Bonchev–Trinajstić information content (AvgIpc) is 1.65. The smallest absolute Gasteiger partial charge is 0.404 e. The van der Waals surface area contributed by atoms with Gasteiger partial charge in [0.25, 0.3) is 0 Å². The summed E-state index contributed by atoms with van der Waals surface area (Å²) in [5, 5.41) is 0. The Kier molecular flexibility index (Phi) is 2.99. The molecule has 0 fully saturated rings. The molecule has 0 rings (SSSR count). The second-order valence-electron chi connectivity index (χ2n) is 1.66. The summed E-state index contributed by atoms with van der Waals surface area (Å²) in [4.78, 5) is 9.97. The molecule has 3 heteroatoms. The Morgan fingerprint density at radius 1 is 1.88 bits per heavy atom. The summed E-state index contributed by atoms with van der Waals surface area (Å²) in [7, 11) is 0. The minimum Gasteiger partial charge on any atom is -0.447 e. The van der Waals surface area contributed by atoms with Gasteiger partial charge in [0, 0.05) is 0 Å². The van der Waals surface area contributed by atoms with Gasteiger partial charge in [0.05, 0.1) is 0 Å². The van der Waals surface area contributed by atoms with Crippen LogP contribution in [0.3, 0.4) is 0 Å². The number of primary amides is 1. The first-order chi connectivity index (χ1) is 3.66. The maximum Gasteiger partial charge on any atom is 0.404 e. The largest absolute Gasteiger partial charge is 0.447 e. The second-order valence-corrected chi connectivity index (χ2v) is 1.66. The fourth-order valence-electron chi connectivity index (χ4n) is 0.282.